The predicted molar refractivity (Wildman–Crippen MR) is 99.1 cm³/mol. The van der Waals surface area contributed by atoms with Gasteiger partial charge in [-0.05, 0) is 30.2 Å². The first-order valence-electron chi connectivity index (χ1n) is 8.69. The van der Waals surface area contributed by atoms with Gasteiger partial charge in [-0.2, -0.15) is 0 Å². The van der Waals surface area contributed by atoms with E-state index in [-0.39, 0.29) is 11.6 Å². The number of carbonyl (C=O) groups is 2. The molecule has 3 aromatic rings. The highest BCUT2D eigenvalue weighted by molar-refractivity contribution is 5.96. The SMILES string of the molecule is Cc1ccc(-n2cc(C(=O)N3Cc4ccccc4C[C@H]3C(N)=O)nn2)cc1. The zero-order chi connectivity index (χ0) is 19.0. The molecule has 1 aliphatic heterocycles. The molecule has 2 heterocycles. The number of nitrogens with zero attached hydrogens (tertiary/aromatic N) is 4. The van der Waals surface area contributed by atoms with Crippen LogP contribution in [0.3, 0.4) is 0 Å². The van der Waals surface area contributed by atoms with Crippen LogP contribution in [0.2, 0.25) is 0 Å². The predicted octanol–water partition coefficient (Wildman–Crippen LogP) is 1.63. The van der Waals surface area contributed by atoms with E-state index in [0.29, 0.717) is 13.0 Å². The topological polar surface area (TPSA) is 94.1 Å². The van der Waals surface area contributed by atoms with E-state index in [2.05, 4.69) is 10.3 Å². The van der Waals surface area contributed by atoms with Crippen LogP contribution in [0.25, 0.3) is 5.69 Å². The number of aryl methyl sites for hydroxylation is 1. The lowest BCUT2D eigenvalue weighted by Crippen LogP contribution is -2.51. The standard InChI is InChI=1S/C20H19N5O2/c1-13-6-8-16(9-7-13)25-12-17(22-23-25)20(27)24-11-15-5-3-2-4-14(15)10-18(24)19(21)26/h2-9,12,18H,10-11H2,1H3,(H2,21,26)/t18-/m0/s1. The van der Waals surface area contributed by atoms with Crippen molar-refractivity contribution in [1.29, 1.82) is 0 Å². The van der Waals surface area contributed by atoms with Crippen LogP contribution in [0.15, 0.2) is 54.7 Å². The minimum Gasteiger partial charge on any atom is -0.368 e. The number of aromatic nitrogens is 3. The number of hydrogen-bond acceptors (Lipinski definition) is 4. The van der Waals surface area contributed by atoms with Gasteiger partial charge in [0, 0.05) is 13.0 Å². The summed E-state index contributed by atoms with van der Waals surface area (Å²) in [7, 11) is 0. The number of carbonyl (C=O) groups excluding carboxylic acids is 2. The summed E-state index contributed by atoms with van der Waals surface area (Å²) in [6.45, 7) is 2.32. The lowest BCUT2D eigenvalue weighted by atomic mass is 9.93. The molecular weight excluding hydrogens is 342 g/mol. The Kier molecular flexibility index (Phi) is 4.19. The number of nitrogens with two attached hydrogens (primary N) is 1. The summed E-state index contributed by atoms with van der Waals surface area (Å²) >= 11 is 0. The van der Waals surface area contributed by atoms with E-state index in [9.17, 15) is 9.59 Å². The fourth-order valence-corrected chi connectivity index (χ4v) is 3.32. The molecule has 1 aromatic heterocycles. The van der Waals surface area contributed by atoms with Crippen LogP contribution in [0.1, 0.15) is 27.2 Å². The monoisotopic (exact) mass is 361 g/mol. The van der Waals surface area contributed by atoms with Gasteiger partial charge in [0.05, 0.1) is 11.9 Å². The molecule has 0 saturated heterocycles. The largest absolute Gasteiger partial charge is 0.368 e. The van der Waals surface area contributed by atoms with Crippen LogP contribution in [-0.4, -0.2) is 37.7 Å². The maximum Gasteiger partial charge on any atom is 0.277 e. The quantitative estimate of drug-likeness (QED) is 0.767. The molecule has 2 amide bonds. The Morgan fingerprint density at radius 2 is 1.78 bits per heavy atom. The summed E-state index contributed by atoms with van der Waals surface area (Å²) in [6, 6.07) is 14.8. The lowest BCUT2D eigenvalue weighted by Gasteiger charge is -2.34. The highest BCUT2D eigenvalue weighted by Crippen LogP contribution is 2.24. The van der Waals surface area contributed by atoms with Crippen LogP contribution < -0.4 is 5.73 Å². The molecule has 136 valence electrons. The van der Waals surface area contributed by atoms with Gasteiger partial charge in [0.2, 0.25) is 5.91 Å². The average Bonchev–Trinajstić information content (AvgIpc) is 3.17. The molecule has 0 fully saturated rings. The maximum absolute atomic E-state index is 13.0. The number of hydrogen-bond donors (Lipinski definition) is 1. The van der Waals surface area contributed by atoms with Crippen molar-refractivity contribution in [2.24, 2.45) is 5.73 Å². The van der Waals surface area contributed by atoms with Gasteiger partial charge in [-0.25, -0.2) is 4.68 Å². The van der Waals surface area contributed by atoms with Crippen molar-refractivity contribution in [2.75, 3.05) is 0 Å². The molecule has 0 bridgehead atoms. The van der Waals surface area contributed by atoms with Crippen molar-refractivity contribution in [3.8, 4) is 5.69 Å². The fraction of sp³-hybridized carbons (Fsp3) is 0.200. The van der Waals surface area contributed by atoms with E-state index in [1.54, 1.807) is 10.9 Å². The maximum atomic E-state index is 13.0. The summed E-state index contributed by atoms with van der Waals surface area (Å²) in [4.78, 5) is 26.5. The fourth-order valence-electron chi connectivity index (χ4n) is 3.32. The molecule has 0 unspecified atom stereocenters. The van der Waals surface area contributed by atoms with Crippen molar-refractivity contribution in [1.82, 2.24) is 19.9 Å². The van der Waals surface area contributed by atoms with Crippen LogP contribution in [-0.2, 0) is 17.8 Å². The average molecular weight is 361 g/mol. The van der Waals surface area contributed by atoms with Gasteiger partial charge in [0.25, 0.3) is 5.91 Å². The van der Waals surface area contributed by atoms with Crippen LogP contribution in [0, 0.1) is 6.92 Å². The Labute approximate surface area is 156 Å². The molecule has 4 rings (SSSR count). The summed E-state index contributed by atoms with van der Waals surface area (Å²) in [5.41, 5.74) is 9.73. The summed E-state index contributed by atoms with van der Waals surface area (Å²) in [5, 5.41) is 8.06. The van der Waals surface area contributed by atoms with E-state index in [4.69, 9.17) is 5.73 Å². The Bertz CT molecular complexity index is 1010. The van der Waals surface area contributed by atoms with Gasteiger partial charge >= 0.3 is 0 Å². The molecule has 7 nitrogen and oxygen atoms in total. The number of rotatable bonds is 3. The molecule has 2 aromatic carbocycles. The molecule has 0 spiro atoms. The van der Waals surface area contributed by atoms with Crippen LogP contribution in [0.4, 0.5) is 0 Å². The van der Waals surface area contributed by atoms with E-state index in [1.807, 2.05) is 55.5 Å². The van der Waals surface area contributed by atoms with E-state index < -0.39 is 11.9 Å². The van der Waals surface area contributed by atoms with Gasteiger partial charge in [-0.3, -0.25) is 9.59 Å². The molecule has 0 aliphatic carbocycles. The number of benzene rings is 2. The molecule has 1 atom stereocenters. The number of primary amides is 1. The zero-order valence-electron chi connectivity index (χ0n) is 14.9. The minimum absolute atomic E-state index is 0.182. The Morgan fingerprint density at radius 3 is 2.48 bits per heavy atom. The van der Waals surface area contributed by atoms with Crippen molar-refractivity contribution in [3.63, 3.8) is 0 Å². The minimum atomic E-state index is -0.697. The Balaban J connectivity index is 1.63. The third-order valence-corrected chi connectivity index (χ3v) is 4.85. The van der Waals surface area contributed by atoms with Gasteiger partial charge < -0.3 is 10.6 Å². The highest BCUT2D eigenvalue weighted by Gasteiger charge is 2.34. The van der Waals surface area contributed by atoms with Gasteiger partial charge in [0.1, 0.15) is 6.04 Å². The second-order valence-electron chi connectivity index (χ2n) is 6.71. The third kappa shape index (κ3) is 3.19. The van der Waals surface area contributed by atoms with Crippen molar-refractivity contribution >= 4 is 11.8 Å². The smallest absolute Gasteiger partial charge is 0.277 e. The highest BCUT2D eigenvalue weighted by atomic mass is 16.2. The summed E-state index contributed by atoms with van der Waals surface area (Å²) < 4.78 is 1.55. The first-order chi connectivity index (χ1) is 13.0. The van der Waals surface area contributed by atoms with Gasteiger partial charge in [0.15, 0.2) is 5.69 Å². The third-order valence-electron chi connectivity index (χ3n) is 4.85. The Hall–Kier alpha value is -3.48. The molecule has 7 heteroatoms. The molecule has 0 saturated carbocycles. The van der Waals surface area contributed by atoms with Crippen molar-refractivity contribution < 1.29 is 9.59 Å². The van der Waals surface area contributed by atoms with Crippen molar-refractivity contribution in [2.45, 2.75) is 25.9 Å². The van der Waals surface area contributed by atoms with Gasteiger partial charge in [-0.15, -0.1) is 5.10 Å². The van der Waals surface area contributed by atoms with E-state index in [1.165, 1.54) is 4.90 Å². The first kappa shape index (κ1) is 17.0. The van der Waals surface area contributed by atoms with Crippen LogP contribution >= 0.6 is 0 Å². The lowest BCUT2D eigenvalue weighted by molar-refractivity contribution is -0.122. The second kappa shape index (κ2) is 6.68. The molecular formula is C20H19N5O2. The zero-order valence-corrected chi connectivity index (χ0v) is 14.9. The molecule has 0 radical (unpaired) electrons. The molecule has 1 aliphatic rings. The number of fused-ring (bicyclic) bond motifs is 1. The molecule has 27 heavy (non-hydrogen) atoms. The van der Waals surface area contributed by atoms with E-state index in [0.717, 1.165) is 22.4 Å². The normalized spacial score (nSPS) is 16.0. The second-order valence-corrected chi connectivity index (χ2v) is 6.71. The number of amides is 2. The summed E-state index contributed by atoms with van der Waals surface area (Å²) in [6.07, 6.45) is 1.98. The first-order valence-corrected chi connectivity index (χ1v) is 8.69. The Morgan fingerprint density at radius 1 is 1.07 bits per heavy atom. The van der Waals surface area contributed by atoms with Crippen molar-refractivity contribution in [3.05, 3.63) is 77.1 Å². The van der Waals surface area contributed by atoms with E-state index >= 15 is 0 Å². The van der Waals surface area contributed by atoms with Crippen LogP contribution in [0.5, 0.6) is 0 Å². The van der Waals surface area contributed by atoms with Gasteiger partial charge in [-0.1, -0.05) is 47.2 Å². The summed E-state index contributed by atoms with van der Waals surface area (Å²) in [5.74, 6) is -0.879. The molecule has 2 N–H and O–H groups in total.